The minimum atomic E-state index is -0.483. The predicted molar refractivity (Wildman–Crippen MR) is 105 cm³/mol. The molecule has 0 saturated carbocycles. The number of nitrogens with one attached hydrogen (secondary N) is 1. The van der Waals surface area contributed by atoms with E-state index in [1.165, 1.54) is 44.8 Å². The van der Waals surface area contributed by atoms with Gasteiger partial charge in [-0.2, -0.15) is 0 Å². The van der Waals surface area contributed by atoms with E-state index in [0.717, 1.165) is 13.0 Å². The van der Waals surface area contributed by atoms with Gasteiger partial charge in [0.05, 0.1) is 5.56 Å². The minimum absolute atomic E-state index is 0.0496. The quantitative estimate of drug-likeness (QED) is 0.819. The third kappa shape index (κ3) is 2.89. The number of rotatable bonds is 2. The van der Waals surface area contributed by atoms with Crippen LogP contribution in [0.3, 0.4) is 0 Å². The van der Waals surface area contributed by atoms with Crippen LogP contribution < -0.4 is 5.32 Å². The molecule has 4 aliphatic heterocycles. The van der Waals surface area contributed by atoms with Crippen LogP contribution in [0.4, 0.5) is 0 Å². The highest BCUT2D eigenvalue weighted by Crippen LogP contribution is 2.44. The third-order valence-electron chi connectivity index (χ3n) is 7.46. The van der Waals surface area contributed by atoms with E-state index in [9.17, 15) is 14.7 Å². The fourth-order valence-electron chi connectivity index (χ4n) is 6.32. The van der Waals surface area contributed by atoms with Gasteiger partial charge in [-0.3, -0.25) is 14.5 Å². The fraction of sp³-hybridized carbons (Fsp3) is 0.636. The van der Waals surface area contributed by atoms with Crippen molar-refractivity contribution in [2.24, 2.45) is 11.8 Å². The summed E-state index contributed by atoms with van der Waals surface area (Å²) in [7, 11) is 0. The molecule has 4 aliphatic rings. The molecule has 2 N–H and O–H groups in total. The molecular formula is C22H29N3O3. The van der Waals surface area contributed by atoms with Crippen molar-refractivity contribution in [2.75, 3.05) is 19.6 Å². The summed E-state index contributed by atoms with van der Waals surface area (Å²) < 4.78 is 0. The van der Waals surface area contributed by atoms with E-state index >= 15 is 0 Å². The summed E-state index contributed by atoms with van der Waals surface area (Å²) in [6.07, 6.45) is 6.55. The van der Waals surface area contributed by atoms with Crippen LogP contribution in [0.25, 0.3) is 0 Å². The molecule has 5 rings (SSSR count). The van der Waals surface area contributed by atoms with Gasteiger partial charge in [-0.25, -0.2) is 0 Å². The van der Waals surface area contributed by atoms with Crippen LogP contribution in [0.15, 0.2) is 24.3 Å². The zero-order chi connectivity index (χ0) is 19.3. The Kier molecular flexibility index (Phi) is 4.54. The molecule has 4 fully saturated rings. The number of para-hydroxylation sites is 1. The number of phenolic OH excluding ortho intramolecular Hbond substituents is 1. The maximum atomic E-state index is 13.3. The molecule has 4 saturated heterocycles. The van der Waals surface area contributed by atoms with Gasteiger partial charge in [0.15, 0.2) is 0 Å². The number of hydrogen-bond donors (Lipinski definition) is 2. The second-order valence-corrected chi connectivity index (χ2v) is 8.91. The molecule has 0 aromatic heterocycles. The Balaban J connectivity index is 1.33. The van der Waals surface area contributed by atoms with E-state index in [2.05, 4.69) is 15.1 Å². The van der Waals surface area contributed by atoms with Crippen molar-refractivity contribution < 1.29 is 14.7 Å². The Morgan fingerprint density at radius 3 is 2.68 bits per heavy atom. The first-order valence-electron chi connectivity index (χ1n) is 10.8. The summed E-state index contributed by atoms with van der Waals surface area (Å²) in [5.74, 6) is 0.817. The van der Waals surface area contributed by atoms with Crippen LogP contribution in [-0.4, -0.2) is 64.5 Å². The van der Waals surface area contributed by atoms with Gasteiger partial charge in [-0.1, -0.05) is 12.1 Å². The van der Waals surface area contributed by atoms with Gasteiger partial charge in [-0.05, 0) is 75.6 Å². The zero-order valence-electron chi connectivity index (χ0n) is 16.2. The first-order valence-corrected chi connectivity index (χ1v) is 10.8. The van der Waals surface area contributed by atoms with Crippen LogP contribution in [0.5, 0.6) is 5.75 Å². The van der Waals surface area contributed by atoms with Crippen molar-refractivity contribution in [3.05, 3.63) is 29.8 Å². The lowest BCUT2D eigenvalue weighted by Gasteiger charge is -2.59. The SMILES string of the molecule is O=C(NC1CC[C@@H]2[C@H]3CCCN4CCC[C@@H](CN2C1=O)[C@@H]34)c1ccccc1O. The maximum absolute atomic E-state index is 13.3. The highest BCUT2D eigenvalue weighted by molar-refractivity contribution is 5.99. The van der Waals surface area contributed by atoms with E-state index in [1.54, 1.807) is 18.2 Å². The molecular weight excluding hydrogens is 354 g/mol. The van der Waals surface area contributed by atoms with Gasteiger partial charge >= 0.3 is 0 Å². The second kappa shape index (κ2) is 7.07. The highest BCUT2D eigenvalue weighted by Gasteiger charge is 2.52. The molecule has 0 bridgehead atoms. The normalized spacial score (nSPS) is 35.1. The average Bonchev–Trinajstić information content (AvgIpc) is 2.71. The van der Waals surface area contributed by atoms with Gasteiger partial charge in [-0.15, -0.1) is 0 Å². The number of fused-ring (bicyclic) bond motifs is 2. The largest absolute Gasteiger partial charge is 0.507 e. The van der Waals surface area contributed by atoms with Crippen LogP contribution in [-0.2, 0) is 4.79 Å². The van der Waals surface area contributed by atoms with E-state index in [1.807, 2.05) is 0 Å². The molecule has 5 atom stereocenters. The zero-order valence-corrected chi connectivity index (χ0v) is 16.2. The molecule has 28 heavy (non-hydrogen) atoms. The fourth-order valence-corrected chi connectivity index (χ4v) is 6.32. The molecule has 1 aromatic carbocycles. The number of phenols is 1. The molecule has 4 heterocycles. The summed E-state index contributed by atoms with van der Waals surface area (Å²) in [5, 5.41) is 12.8. The Labute approximate surface area is 165 Å². The van der Waals surface area contributed by atoms with Gasteiger partial charge in [0.1, 0.15) is 11.8 Å². The average molecular weight is 383 g/mol. The number of aromatic hydroxyl groups is 1. The lowest BCUT2D eigenvalue weighted by Crippen LogP contribution is -2.69. The lowest BCUT2D eigenvalue weighted by atomic mass is 9.67. The lowest BCUT2D eigenvalue weighted by molar-refractivity contribution is -0.153. The number of carbonyl (C=O) groups excluding carboxylic acids is 2. The topological polar surface area (TPSA) is 72.9 Å². The Bertz CT molecular complexity index is 780. The minimum Gasteiger partial charge on any atom is -0.507 e. The Morgan fingerprint density at radius 2 is 1.86 bits per heavy atom. The Hall–Kier alpha value is -2.08. The molecule has 150 valence electrons. The van der Waals surface area contributed by atoms with Crippen molar-refractivity contribution in [1.82, 2.24) is 15.1 Å². The molecule has 0 spiro atoms. The van der Waals surface area contributed by atoms with Crippen LogP contribution >= 0.6 is 0 Å². The summed E-state index contributed by atoms with van der Waals surface area (Å²) in [6.45, 7) is 3.28. The molecule has 1 aromatic rings. The first-order chi connectivity index (χ1) is 13.6. The van der Waals surface area contributed by atoms with E-state index in [-0.39, 0.29) is 23.1 Å². The number of nitrogens with zero attached hydrogens (tertiary/aromatic N) is 2. The summed E-state index contributed by atoms with van der Waals surface area (Å²) >= 11 is 0. The van der Waals surface area contributed by atoms with E-state index < -0.39 is 6.04 Å². The maximum Gasteiger partial charge on any atom is 0.255 e. The van der Waals surface area contributed by atoms with Crippen molar-refractivity contribution in [1.29, 1.82) is 0 Å². The van der Waals surface area contributed by atoms with Gasteiger partial charge < -0.3 is 15.3 Å². The number of piperidine rings is 4. The van der Waals surface area contributed by atoms with Gasteiger partial charge in [0.25, 0.3) is 5.91 Å². The van der Waals surface area contributed by atoms with E-state index in [4.69, 9.17) is 0 Å². The van der Waals surface area contributed by atoms with E-state index in [0.29, 0.717) is 30.3 Å². The number of amides is 2. The van der Waals surface area contributed by atoms with Crippen molar-refractivity contribution in [3.63, 3.8) is 0 Å². The smallest absolute Gasteiger partial charge is 0.255 e. The van der Waals surface area contributed by atoms with Crippen molar-refractivity contribution >= 4 is 11.8 Å². The van der Waals surface area contributed by atoms with Crippen molar-refractivity contribution in [2.45, 2.75) is 56.7 Å². The molecule has 1 unspecified atom stereocenters. The monoisotopic (exact) mass is 383 g/mol. The summed E-state index contributed by atoms with van der Waals surface area (Å²) in [5.41, 5.74) is 0.228. The predicted octanol–water partition coefficient (Wildman–Crippen LogP) is 1.99. The van der Waals surface area contributed by atoms with Crippen LogP contribution in [0, 0.1) is 11.8 Å². The first kappa shape index (κ1) is 18.0. The highest BCUT2D eigenvalue weighted by atomic mass is 16.3. The van der Waals surface area contributed by atoms with Crippen molar-refractivity contribution in [3.8, 4) is 5.75 Å². The molecule has 0 aliphatic carbocycles. The summed E-state index contributed by atoms with van der Waals surface area (Å²) in [6, 6.07) is 6.99. The van der Waals surface area contributed by atoms with Gasteiger partial charge in [0, 0.05) is 18.6 Å². The molecule has 6 nitrogen and oxygen atoms in total. The van der Waals surface area contributed by atoms with Crippen LogP contribution in [0.1, 0.15) is 48.9 Å². The van der Waals surface area contributed by atoms with Gasteiger partial charge in [0.2, 0.25) is 5.91 Å². The third-order valence-corrected chi connectivity index (χ3v) is 7.46. The second-order valence-electron chi connectivity index (χ2n) is 8.91. The molecule has 2 amide bonds. The standard InChI is InChI=1S/C22H29N3O3/c26-19-8-2-1-6-16(19)21(27)23-17-9-10-18-15-7-4-12-24-11-3-5-14(20(15)24)13-25(18)22(17)28/h1-2,6,8,14-15,17-18,20,26H,3-5,7,9-13H2,(H,23,27)/t14-,15+,17?,18+,20-/m0/s1. The number of hydrogen-bond acceptors (Lipinski definition) is 4. The summed E-state index contributed by atoms with van der Waals surface area (Å²) in [4.78, 5) is 30.7. The number of carbonyl (C=O) groups is 2. The molecule has 0 radical (unpaired) electrons. The van der Waals surface area contributed by atoms with Crippen LogP contribution in [0.2, 0.25) is 0 Å². The molecule has 6 heteroatoms. The number of benzene rings is 1. The Morgan fingerprint density at radius 1 is 1.07 bits per heavy atom.